The van der Waals surface area contributed by atoms with Gasteiger partial charge in [-0.05, 0) is 54.8 Å². The lowest BCUT2D eigenvalue weighted by atomic mass is 10.1. The van der Waals surface area contributed by atoms with Crippen molar-refractivity contribution in [3.63, 3.8) is 0 Å². The van der Waals surface area contributed by atoms with E-state index in [0.717, 1.165) is 18.7 Å². The van der Waals surface area contributed by atoms with Crippen LogP contribution in [0, 0.1) is 13.8 Å². The number of carbonyl (C=O) groups excluding carboxylic acids is 1. The van der Waals surface area contributed by atoms with Crippen molar-refractivity contribution in [1.82, 2.24) is 4.90 Å². The number of piperazine rings is 1. The summed E-state index contributed by atoms with van der Waals surface area (Å²) < 4.78 is 16.1. The Morgan fingerprint density at radius 3 is 2.13 bits per heavy atom. The fourth-order valence-corrected chi connectivity index (χ4v) is 3.72. The molecule has 160 valence electrons. The van der Waals surface area contributed by atoms with Crippen LogP contribution in [-0.4, -0.2) is 58.3 Å². The molecule has 0 N–H and O–H groups in total. The van der Waals surface area contributed by atoms with Gasteiger partial charge in [-0.25, -0.2) is 0 Å². The summed E-state index contributed by atoms with van der Waals surface area (Å²) in [5, 5.41) is 0. The lowest BCUT2D eigenvalue weighted by Gasteiger charge is -2.36. The monoisotopic (exact) mass is 410 g/mol. The zero-order valence-electron chi connectivity index (χ0n) is 18.4. The van der Waals surface area contributed by atoms with Gasteiger partial charge in [0.25, 0.3) is 0 Å². The molecule has 0 atom stereocenters. The number of hydrogen-bond acceptors (Lipinski definition) is 5. The summed E-state index contributed by atoms with van der Waals surface area (Å²) in [6, 6.07) is 10.0. The zero-order valence-corrected chi connectivity index (χ0v) is 18.4. The minimum atomic E-state index is 0.00404. The highest BCUT2D eigenvalue weighted by Crippen LogP contribution is 2.38. The summed E-state index contributed by atoms with van der Waals surface area (Å²) in [6.07, 6.45) is 3.39. The van der Waals surface area contributed by atoms with Crippen LogP contribution >= 0.6 is 0 Å². The predicted molar refractivity (Wildman–Crippen MR) is 120 cm³/mol. The van der Waals surface area contributed by atoms with Gasteiger partial charge < -0.3 is 24.0 Å². The first-order chi connectivity index (χ1) is 14.5. The van der Waals surface area contributed by atoms with Crippen molar-refractivity contribution in [3.8, 4) is 17.2 Å². The van der Waals surface area contributed by atoms with E-state index in [1.165, 1.54) is 16.8 Å². The number of nitrogens with zero attached hydrogens (tertiary/aromatic N) is 2. The fraction of sp³-hybridized carbons (Fsp3) is 0.375. The van der Waals surface area contributed by atoms with Crippen LogP contribution in [0.2, 0.25) is 0 Å². The molecule has 0 saturated carbocycles. The number of amides is 1. The van der Waals surface area contributed by atoms with Gasteiger partial charge in [0.05, 0.1) is 21.3 Å². The SMILES string of the molecule is COc1cc(C=CC(=O)N2CCN(c3cccc(C)c3C)CC2)cc(OC)c1OC. The highest BCUT2D eigenvalue weighted by Gasteiger charge is 2.21. The smallest absolute Gasteiger partial charge is 0.246 e. The van der Waals surface area contributed by atoms with Crippen LogP contribution in [0.1, 0.15) is 16.7 Å². The van der Waals surface area contributed by atoms with Crippen molar-refractivity contribution < 1.29 is 19.0 Å². The van der Waals surface area contributed by atoms with Gasteiger partial charge in [-0.1, -0.05) is 12.1 Å². The molecule has 2 aromatic rings. The maximum atomic E-state index is 12.7. The van der Waals surface area contributed by atoms with E-state index in [1.807, 2.05) is 17.0 Å². The van der Waals surface area contributed by atoms with Crippen LogP contribution in [0.3, 0.4) is 0 Å². The molecule has 6 heteroatoms. The number of anilines is 1. The Labute approximate surface area is 178 Å². The van der Waals surface area contributed by atoms with Crippen molar-refractivity contribution >= 4 is 17.7 Å². The molecule has 0 bridgehead atoms. The number of methoxy groups -OCH3 is 3. The van der Waals surface area contributed by atoms with E-state index < -0.39 is 0 Å². The molecule has 2 aromatic carbocycles. The molecular formula is C24H30N2O4. The van der Waals surface area contributed by atoms with Gasteiger partial charge in [0, 0.05) is 37.9 Å². The van der Waals surface area contributed by atoms with Crippen molar-refractivity contribution in [2.75, 3.05) is 52.4 Å². The Kier molecular flexibility index (Phi) is 6.87. The number of aryl methyl sites for hydroxylation is 1. The van der Waals surface area contributed by atoms with E-state index in [0.29, 0.717) is 30.3 Å². The molecule has 1 aliphatic heterocycles. The molecule has 0 aliphatic carbocycles. The summed E-state index contributed by atoms with van der Waals surface area (Å²) in [5.41, 5.74) is 4.67. The second kappa shape index (κ2) is 9.57. The molecule has 0 unspecified atom stereocenters. The topological polar surface area (TPSA) is 51.2 Å². The maximum absolute atomic E-state index is 12.7. The van der Waals surface area contributed by atoms with Crippen LogP contribution in [-0.2, 0) is 4.79 Å². The molecule has 1 fully saturated rings. The number of rotatable bonds is 6. The maximum Gasteiger partial charge on any atom is 0.246 e. The molecule has 30 heavy (non-hydrogen) atoms. The van der Waals surface area contributed by atoms with Gasteiger partial charge in [-0.15, -0.1) is 0 Å². The number of ether oxygens (including phenoxy) is 3. The summed E-state index contributed by atoms with van der Waals surface area (Å²) in [4.78, 5) is 16.9. The van der Waals surface area contributed by atoms with Crippen molar-refractivity contribution in [2.24, 2.45) is 0 Å². The quantitative estimate of drug-likeness (QED) is 0.680. The Bertz CT molecular complexity index is 906. The molecule has 6 nitrogen and oxygen atoms in total. The van der Waals surface area contributed by atoms with Gasteiger partial charge in [0.15, 0.2) is 11.5 Å². The molecule has 0 aromatic heterocycles. The van der Waals surface area contributed by atoms with Crippen molar-refractivity contribution in [3.05, 3.63) is 53.1 Å². The van der Waals surface area contributed by atoms with Crippen molar-refractivity contribution in [1.29, 1.82) is 0 Å². The first-order valence-electron chi connectivity index (χ1n) is 10.1. The largest absolute Gasteiger partial charge is 0.493 e. The molecule has 1 amide bonds. The van der Waals surface area contributed by atoms with E-state index in [-0.39, 0.29) is 5.91 Å². The van der Waals surface area contributed by atoms with Crippen LogP contribution in [0.15, 0.2) is 36.4 Å². The predicted octanol–water partition coefficient (Wildman–Crippen LogP) is 3.69. The zero-order chi connectivity index (χ0) is 21.7. The normalized spacial score (nSPS) is 14.2. The highest BCUT2D eigenvalue weighted by molar-refractivity contribution is 5.92. The van der Waals surface area contributed by atoms with Gasteiger partial charge in [0.1, 0.15) is 0 Å². The Morgan fingerprint density at radius 1 is 0.933 bits per heavy atom. The number of hydrogen-bond donors (Lipinski definition) is 0. The Hall–Kier alpha value is -3.15. The average molecular weight is 411 g/mol. The Balaban J connectivity index is 1.66. The minimum Gasteiger partial charge on any atom is -0.493 e. The molecular weight excluding hydrogens is 380 g/mol. The molecule has 0 spiro atoms. The van der Waals surface area contributed by atoms with E-state index in [1.54, 1.807) is 33.5 Å². The summed E-state index contributed by atoms with van der Waals surface area (Å²) in [5.74, 6) is 1.66. The second-order valence-electron chi connectivity index (χ2n) is 7.32. The lowest BCUT2D eigenvalue weighted by molar-refractivity contribution is -0.126. The van der Waals surface area contributed by atoms with Gasteiger partial charge >= 0.3 is 0 Å². The fourth-order valence-electron chi connectivity index (χ4n) is 3.72. The summed E-state index contributed by atoms with van der Waals surface area (Å²) >= 11 is 0. The number of benzene rings is 2. The highest BCUT2D eigenvalue weighted by atomic mass is 16.5. The van der Waals surface area contributed by atoms with Gasteiger partial charge in [-0.2, -0.15) is 0 Å². The summed E-state index contributed by atoms with van der Waals surface area (Å²) in [7, 11) is 4.72. The summed E-state index contributed by atoms with van der Waals surface area (Å²) in [6.45, 7) is 7.34. The third kappa shape index (κ3) is 4.53. The Morgan fingerprint density at radius 2 is 1.57 bits per heavy atom. The standard InChI is InChI=1S/C24H30N2O4/c1-17-7-6-8-20(18(17)2)25-11-13-26(14-12-25)23(27)10-9-19-15-21(28-3)24(30-5)22(16-19)29-4/h6-10,15-16H,11-14H2,1-5H3. The van der Waals surface area contributed by atoms with Crippen LogP contribution in [0.5, 0.6) is 17.2 Å². The third-order valence-corrected chi connectivity index (χ3v) is 5.61. The first-order valence-corrected chi connectivity index (χ1v) is 10.1. The molecule has 1 heterocycles. The van der Waals surface area contributed by atoms with Crippen LogP contribution < -0.4 is 19.1 Å². The average Bonchev–Trinajstić information content (AvgIpc) is 2.78. The van der Waals surface area contributed by atoms with E-state index in [9.17, 15) is 4.79 Å². The number of carbonyl (C=O) groups is 1. The van der Waals surface area contributed by atoms with Crippen LogP contribution in [0.25, 0.3) is 6.08 Å². The van der Waals surface area contributed by atoms with E-state index >= 15 is 0 Å². The van der Waals surface area contributed by atoms with Gasteiger partial charge in [0.2, 0.25) is 11.7 Å². The van der Waals surface area contributed by atoms with Crippen molar-refractivity contribution in [2.45, 2.75) is 13.8 Å². The van der Waals surface area contributed by atoms with Gasteiger partial charge in [-0.3, -0.25) is 4.79 Å². The van der Waals surface area contributed by atoms with E-state index in [4.69, 9.17) is 14.2 Å². The first kappa shape index (κ1) is 21.6. The molecule has 3 rings (SSSR count). The minimum absolute atomic E-state index is 0.00404. The molecule has 1 saturated heterocycles. The second-order valence-corrected chi connectivity index (χ2v) is 7.32. The third-order valence-electron chi connectivity index (χ3n) is 5.61. The molecule has 0 radical (unpaired) electrons. The lowest BCUT2D eigenvalue weighted by Crippen LogP contribution is -2.48. The van der Waals surface area contributed by atoms with E-state index in [2.05, 4.69) is 36.9 Å². The van der Waals surface area contributed by atoms with Crippen LogP contribution in [0.4, 0.5) is 5.69 Å². The molecule has 1 aliphatic rings.